The molecule has 0 bridgehead atoms. The number of amides is 2. The van der Waals surface area contributed by atoms with Crippen LogP contribution in [-0.2, 0) is 11.3 Å². The molecule has 2 heterocycles. The highest BCUT2D eigenvalue weighted by Crippen LogP contribution is 2.32. The lowest BCUT2D eigenvalue weighted by atomic mass is 9.82. The Hall–Kier alpha value is -2.34. The van der Waals surface area contributed by atoms with E-state index in [0.717, 1.165) is 49.1 Å². The number of benzene rings is 1. The Kier molecular flexibility index (Phi) is 8.30. The van der Waals surface area contributed by atoms with E-state index in [1.165, 1.54) is 32.2 Å². The van der Waals surface area contributed by atoms with Crippen molar-refractivity contribution in [3.05, 3.63) is 42.0 Å². The summed E-state index contributed by atoms with van der Waals surface area (Å²) < 4.78 is 6.35. The number of nitrogens with one attached hydrogen (secondary N) is 1. The summed E-state index contributed by atoms with van der Waals surface area (Å²) in [5.74, 6) is 2.40. The van der Waals surface area contributed by atoms with Gasteiger partial charge in [-0.2, -0.15) is 0 Å². The highest BCUT2D eigenvalue weighted by atomic mass is 16.5. The number of allylic oxidation sites excluding steroid dienone is 1. The smallest absolute Gasteiger partial charge is 0.255 e. The summed E-state index contributed by atoms with van der Waals surface area (Å²) in [5, 5.41) is 2.70. The number of carbonyl (C=O) groups is 2. The largest absolute Gasteiger partial charge is 0.490 e. The molecule has 1 unspecified atom stereocenters. The second kappa shape index (κ2) is 11.4. The van der Waals surface area contributed by atoms with Crippen LogP contribution in [0, 0.1) is 11.8 Å². The molecule has 186 valence electrons. The molecule has 2 amide bonds. The monoisotopic (exact) mass is 467 g/mol. The fraction of sp³-hybridized carbons (Fsp3) is 0.643. The van der Waals surface area contributed by atoms with Gasteiger partial charge in [0.1, 0.15) is 17.9 Å². The van der Waals surface area contributed by atoms with Gasteiger partial charge in [0.2, 0.25) is 5.91 Å². The van der Waals surface area contributed by atoms with Gasteiger partial charge in [-0.25, -0.2) is 0 Å². The number of likely N-dealkylation sites (N-methyl/N-ethyl adjacent to an activating group) is 1. The summed E-state index contributed by atoms with van der Waals surface area (Å²) in [4.78, 5) is 29.8. The normalized spacial score (nSPS) is 24.5. The first-order valence-corrected chi connectivity index (χ1v) is 13.1. The number of piperidine rings is 1. The first-order chi connectivity index (χ1) is 16.5. The summed E-state index contributed by atoms with van der Waals surface area (Å²) in [6.45, 7) is 10.0. The van der Waals surface area contributed by atoms with Gasteiger partial charge in [0.15, 0.2) is 0 Å². The van der Waals surface area contributed by atoms with Crippen LogP contribution in [0.1, 0.15) is 74.2 Å². The Bertz CT molecular complexity index is 870. The fourth-order valence-electron chi connectivity index (χ4n) is 5.79. The van der Waals surface area contributed by atoms with Gasteiger partial charge in [0, 0.05) is 38.8 Å². The van der Waals surface area contributed by atoms with Gasteiger partial charge < -0.3 is 19.9 Å². The zero-order valence-electron chi connectivity index (χ0n) is 20.9. The molecular formula is C28H41N3O3. The molecule has 1 N–H and O–H groups in total. The van der Waals surface area contributed by atoms with E-state index in [1.807, 2.05) is 18.2 Å². The summed E-state index contributed by atoms with van der Waals surface area (Å²) in [7, 11) is 1.61. The number of fused-ring (bicyclic) bond motifs is 1. The fourth-order valence-corrected chi connectivity index (χ4v) is 5.79. The lowest BCUT2D eigenvalue weighted by Gasteiger charge is -2.36. The standard InChI is InChI=1S/C28H41N3O3/c1-4-5-6-26(27(32)29-3)31-19-22-17-24(11-12-25(22)28(31)33)34-23-13-15-30(16-14-23)18-21-9-7-20(2)8-10-21/h4,11-12,17,20-21,23,26H,1,5-10,13-16,18-19H2,2-3H3,(H,29,32). The van der Waals surface area contributed by atoms with Crippen molar-refractivity contribution in [2.24, 2.45) is 11.8 Å². The van der Waals surface area contributed by atoms with E-state index in [9.17, 15) is 9.59 Å². The first-order valence-electron chi connectivity index (χ1n) is 13.1. The zero-order chi connectivity index (χ0) is 24.1. The van der Waals surface area contributed by atoms with Crippen molar-refractivity contribution < 1.29 is 14.3 Å². The van der Waals surface area contributed by atoms with Gasteiger partial charge >= 0.3 is 0 Å². The minimum Gasteiger partial charge on any atom is -0.490 e. The molecule has 1 aliphatic carbocycles. The van der Waals surface area contributed by atoms with E-state index in [-0.39, 0.29) is 17.9 Å². The van der Waals surface area contributed by atoms with E-state index >= 15 is 0 Å². The quantitative estimate of drug-likeness (QED) is 0.547. The Balaban J connectivity index is 1.31. The lowest BCUT2D eigenvalue weighted by molar-refractivity contribution is -0.125. The predicted molar refractivity (Wildman–Crippen MR) is 135 cm³/mol. The summed E-state index contributed by atoms with van der Waals surface area (Å²) in [6.07, 6.45) is 10.9. The Labute approximate surface area is 204 Å². The van der Waals surface area contributed by atoms with Crippen LogP contribution in [0.25, 0.3) is 0 Å². The average Bonchev–Trinajstić information content (AvgIpc) is 3.17. The van der Waals surface area contributed by atoms with E-state index in [1.54, 1.807) is 18.0 Å². The maximum Gasteiger partial charge on any atom is 0.255 e. The molecule has 3 aliphatic rings. The van der Waals surface area contributed by atoms with Gasteiger partial charge in [-0.05, 0) is 74.1 Å². The van der Waals surface area contributed by atoms with Crippen molar-refractivity contribution >= 4 is 11.8 Å². The van der Waals surface area contributed by atoms with Gasteiger partial charge in [-0.1, -0.05) is 25.8 Å². The minimum atomic E-state index is -0.482. The molecule has 6 heteroatoms. The Morgan fingerprint density at radius 2 is 1.94 bits per heavy atom. The minimum absolute atomic E-state index is 0.0790. The summed E-state index contributed by atoms with van der Waals surface area (Å²) in [5.41, 5.74) is 1.62. The van der Waals surface area contributed by atoms with Crippen molar-refractivity contribution in [2.75, 3.05) is 26.7 Å². The average molecular weight is 468 g/mol. The Morgan fingerprint density at radius 3 is 2.62 bits per heavy atom. The number of hydrogen-bond acceptors (Lipinski definition) is 4. The molecule has 1 aromatic carbocycles. The van der Waals surface area contributed by atoms with Crippen LogP contribution in [0.5, 0.6) is 5.75 Å². The predicted octanol–water partition coefficient (Wildman–Crippen LogP) is 4.39. The van der Waals surface area contributed by atoms with Crippen molar-refractivity contribution in [3.8, 4) is 5.75 Å². The van der Waals surface area contributed by atoms with Crippen molar-refractivity contribution in [1.82, 2.24) is 15.1 Å². The van der Waals surface area contributed by atoms with Crippen molar-refractivity contribution in [2.45, 2.75) is 77.0 Å². The molecule has 4 rings (SSSR count). The van der Waals surface area contributed by atoms with E-state index in [4.69, 9.17) is 4.74 Å². The molecule has 6 nitrogen and oxygen atoms in total. The van der Waals surface area contributed by atoms with Crippen LogP contribution in [0.3, 0.4) is 0 Å². The molecule has 1 saturated carbocycles. The van der Waals surface area contributed by atoms with Gasteiger partial charge in [0.25, 0.3) is 5.91 Å². The topological polar surface area (TPSA) is 61.9 Å². The number of hydrogen-bond donors (Lipinski definition) is 1. The molecule has 1 atom stereocenters. The number of ether oxygens (including phenoxy) is 1. The third-order valence-corrected chi connectivity index (χ3v) is 7.97. The highest BCUT2D eigenvalue weighted by molar-refractivity contribution is 6.01. The number of nitrogens with zero attached hydrogens (tertiary/aromatic N) is 2. The summed E-state index contributed by atoms with van der Waals surface area (Å²) in [6, 6.07) is 5.29. The van der Waals surface area contributed by atoms with Gasteiger partial charge in [-0.3, -0.25) is 9.59 Å². The van der Waals surface area contributed by atoms with Crippen LogP contribution < -0.4 is 10.1 Å². The molecule has 0 spiro atoms. The van der Waals surface area contributed by atoms with Crippen LogP contribution in [-0.4, -0.2) is 60.4 Å². The lowest BCUT2D eigenvalue weighted by Crippen LogP contribution is -2.46. The first kappa shape index (κ1) is 24.8. The molecular weight excluding hydrogens is 426 g/mol. The van der Waals surface area contributed by atoms with Crippen molar-refractivity contribution in [1.29, 1.82) is 0 Å². The van der Waals surface area contributed by atoms with E-state index in [0.29, 0.717) is 24.9 Å². The van der Waals surface area contributed by atoms with Crippen LogP contribution in [0.2, 0.25) is 0 Å². The molecule has 0 radical (unpaired) electrons. The highest BCUT2D eigenvalue weighted by Gasteiger charge is 2.36. The van der Waals surface area contributed by atoms with Crippen LogP contribution in [0.15, 0.2) is 30.9 Å². The third kappa shape index (κ3) is 5.83. The second-order valence-electron chi connectivity index (χ2n) is 10.5. The van der Waals surface area contributed by atoms with E-state index < -0.39 is 6.04 Å². The van der Waals surface area contributed by atoms with Crippen LogP contribution >= 0.6 is 0 Å². The Morgan fingerprint density at radius 1 is 1.21 bits per heavy atom. The SMILES string of the molecule is C=CCCC(C(=O)NC)N1Cc2cc(OC3CCN(CC4CCC(C)CC4)CC3)ccc2C1=O. The third-order valence-electron chi connectivity index (χ3n) is 7.97. The van der Waals surface area contributed by atoms with Gasteiger partial charge in [0.05, 0.1) is 0 Å². The number of carbonyl (C=O) groups excluding carboxylic acids is 2. The van der Waals surface area contributed by atoms with Crippen LogP contribution in [0.4, 0.5) is 0 Å². The second-order valence-corrected chi connectivity index (χ2v) is 10.5. The maximum absolute atomic E-state index is 13.0. The van der Waals surface area contributed by atoms with E-state index in [2.05, 4.69) is 23.7 Å². The molecule has 0 aromatic heterocycles. The number of likely N-dealkylation sites (tertiary alicyclic amines) is 1. The number of rotatable bonds is 9. The zero-order valence-corrected chi connectivity index (χ0v) is 20.9. The summed E-state index contributed by atoms with van der Waals surface area (Å²) >= 11 is 0. The van der Waals surface area contributed by atoms with Gasteiger partial charge in [-0.15, -0.1) is 6.58 Å². The molecule has 2 fully saturated rings. The molecule has 1 saturated heterocycles. The maximum atomic E-state index is 13.0. The molecule has 1 aromatic rings. The van der Waals surface area contributed by atoms with Crippen molar-refractivity contribution in [3.63, 3.8) is 0 Å². The molecule has 34 heavy (non-hydrogen) atoms. The molecule has 2 aliphatic heterocycles.